The highest BCUT2D eigenvalue weighted by Gasteiger charge is 2.46. The average molecular weight is 526 g/mol. The zero-order valence-corrected chi connectivity index (χ0v) is 24.8. The Kier molecular flexibility index (Phi) is 7.20. The summed E-state index contributed by atoms with van der Waals surface area (Å²) in [6, 6.07) is 2.40. The number of nitrogens with zero attached hydrogens (tertiary/aromatic N) is 3. The highest BCUT2D eigenvalue weighted by Crippen LogP contribution is 2.42. The molecular weight excluding hydrogens is 486 g/mol. The van der Waals surface area contributed by atoms with Crippen LogP contribution >= 0.6 is 0 Å². The first kappa shape index (κ1) is 28.1. The molecule has 0 bridgehead atoms. The number of aromatic amines is 2. The first-order valence-corrected chi connectivity index (χ1v) is 13.5. The number of aromatic nitrogens is 2. The summed E-state index contributed by atoms with van der Waals surface area (Å²) in [4.78, 5) is 28.8. The number of hydrogen-bond donors (Lipinski definition) is 2. The molecule has 1 unspecified atom stereocenters. The zero-order chi connectivity index (χ0) is 28.9. The molecule has 0 saturated carbocycles. The predicted octanol–water partition coefficient (Wildman–Crippen LogP) is 5.03. The van der Waals surface area contributed by atoms with Crippen molar-refractivity contribution < 1.29 is 9.53 Å². The first-order valence-electron chi connectivity index (χ1n) is 13.5. The van der Waals surface area contributed by atoms with Crippen molar-refractivity contribution in [2.24, 2.45) is 15.4 Å². The average Bonchev–Trinajstić information content (AvgIpc) is 3.49. The number of ether oxygens (including phenoxy) is 1. The number of allylic oxidation sites excluding steroid dienone is 1. The van der Waals surface area contributed by atoms with E-state index in [1.165, 1.54) is 11.1 Å². The van der Waals surface area contributed by atoms with Gasteiger partial charge in [0.15, 0.2) is 5.71 Å². The van der Waals surface area contributed by atoms with Crippen LogP contribution in [0.4, 0.5) is 0 Å². The van der Waals surface area contributed by atoms with E-state index >= 15 is 0 Å². The van der Waals surface area contributed by atoms with Crippen LogP contribution in [0.25, 0.3) is 18.2 Å². The summed E-state index contributed by atoms with van der Waals surface area (Å²) in [6.45, 7) is 20.5. The Hall–Kier alpha value is -3.92. The summed E-state index contributed by atoms with van der Waals surface area (Å²) in [7, 11) is 0. The van der Waals surface area contributed by atoms with Crippen molar-refractivity contribution >= 4 is 35.6 Å². The molecule has 0 aromatic carbocycles. The largest absolute Gasteiger partial charge is 0.461 e. The number of hydrogen-bond acceptors (Lipinski definition) is 5. The maximum atomic E-state index is 12.3. The van der Waals surface area contributed by atoms with Crippen LogP contribution < -0.4 is 10.7 Å². The lowest BCUT2D eigenvalue weighted by atomic mass is 9.74. The van der Waals surface area contributed by atoms with E-state index in [0.29, 0.717) is 12.3 Å². The molecule has 39 heavy (non-hydrogen) atoms. The zero-order valence-electron chi connectivity index (χ0n) is 24.8. The van der Waals surface area contributed by atoms with Gasteiger partial charge in [0.05, 0.1) is 18.4 Å². The lowest BCUT2D eigenvalue weighted by Gasteiger charge is -2.29. The van der Waals surface area contributed by atoms with Gasteiger partial charge < -0.3 is 14.7 Å². The summed E-state index contributed by atoms with van der Waals surface area (Å²) in [6.07, 6.45) is 6.99. The monoisotopic (exact) mass is 525 g/mol. The van der Waals surface area contributed by atoms with Gasteiger partial charge in [-0.25, -0.2) is 9.79 Å². The van der Waals surface area contributed by atoms with Crippen molar-refractivity contribution in [3.8, 4) is 6.07 Å². The number of H-pyrrole nitrogens is 2. The number of nitriles is 1. The van der Waals surface area contributed by atoms with Crippen LogP contribution in [0, 0.1) is 44.4 Å². The van der Waals surface area contributed by atoms with Crippen molar-refractivity contribution in [2.45, 2.75) is 81.2 Å². The van der Waals surface area contributed by atoms with Crippen LogP contribution in [0.3, 0.4) is 0 Å². The highest BCUT2D eigenvalue weighted by molar-refractivity contribution is 6.44. The van der Waals surface area contributed by atoms with Crippen LogP contribution in [0.1, 0.15) is 81.6 Å². The van der Waals surface area contributed by atoms with Gasteiger partial charge in [0.2, 0.25) is 0 Å². The third-order valence-electron chi connectivity index (χ3n) is 8.69. The van der Waals surface area contributed by atoms with Gasteiger partial charge in [0.25, 0.3) is 0 Å². The van der Waals surface area contributed by atoms with Crippen molar-refractivity contribution in [3.63, 3.8) is 0 Å². The molecule has 2 aromatic rings. The Morgan fingerprint density at radius 2 is 1.51 bits per heavy atom. The van der Waals surface area contributed by atoms with E-state index in [-0.39, 0.29) is 11.4 Å². The standard InChI is InChI=1S/C32H39N5O2/c1-11-39-30(38)29-22(7)21(6)28(36-29)14-27-20(5)19(4)26(35-27)13-25-18(3)17(2)24(34-25)12-23-15-31(8,9)32(10,16-33)37-23/h12-14,34-35H,11,15H2,1-10H3/b24-12-,25-13-,28-14-. The molecule has 7 heteroatoms. The molecule has 1 atom stereocenters. The van der Waals surface area contributed by atoms with E-state index in [1.54, 1.807) is 6.92 Å². The van der Waals surface area contributed by atoms with Crippen molar-refractivity contribution in [1.82, 2.24) is 9.97 Å². The molecule has 4 heterocycles. The molecule has 7 nitrogen and oxygen atoms in total. The maximum Gasteiger partial charge on any atom is 0.357 e. The van der Waals surface area contributed by atoms with Crippen LogP contribution in [0.2, 0.25) is 0 Å². The van der Waals surface area contributed by atoms with E-state index in [2.05, 4.69) is 74.7 Å². The maximum absolute atomic E-state index is 12.3. The fourth-order valence-corrected chi connectivity index (χ4v) is 5.06. The summed E-state index contributed by atoms with van der Waals surface area (Å²) in [5.74, 6) is -0.388. The predicted molar refractivity (Wildman–Crippen MR) is 158 cm³/mol. The van der Waals surface area contributed by atoms with Gasteiger partial charge in [-0.2, -0.15) is 5.26 Å². The molecule has 2 aliphatic heterocycles. The second kappa shape index (κ2) is 10.00. The highest BCUT2D eigenvalue weighted by atomic mass is 16.5. The Morgan fingerprint density at radius 1 is 0.923 bits per heavy atom. The van der Waals surface area contributed by atoms with Gasteiger partial charge in [0.1, 0.15) is 5.54 Å². The van der Waals surface area contributed by atoms with E-state index < -0.39 is 5.54 Å². The number of esters is 1. The van der Waals surface area contributed by atoms with Gasteiger partial charge in [-0.05, 0) is 113 Å². The van der Waals surface area contributed by atoms with Crippen LogP contribution in [-0.2, 0) is 9.53 Å². The smallest absolute Gasteiger partial charge is 0.357 e. The van der Waals surface area contributed by atoms with Crippen molar-refractivity contribution in [2.75, 3.05) is 6.61 Å². The van der Waals surface area contributed by atoms with Crippen LogP contribution in [0.5, 0.6) is 0 Å². The van der Waals surface area contributed by atoms with E-state index in [1.807, 2.05) is 26.8 Å². The van der Waals surface area contributed by atoms with E-state index in [9.17, 15) is 10.1 Å². The number of carbonyl (C=O) groups is 1. The summed E-state index contributed by atoms with van der Waals surface area (Å²) >= 11 is 0. The van der Waals surface area contributed by atoms with E-state index in [0.717, 1.165) is 62.2 Å². The molecule has 204 valence electrons. The minimum atomic E-state index is -0.723. The third-order valence-corrected chi connectivity index (χ3v) is 8.69. The van der Waals surface area contributed by atoms with Gasteiger partial charge in [-0.1, -0.05) is 13.8 Å². The first-order chi connectivity index (χ1) is 18.2. The minimum Gasteiger partial charge on any atom is -0.461 e. The molecule has 2 aromatic heterocycles. The van der Waals surface area contributed by atoms with Crippen molar-refractivity contribution in [3.05, 3.63) is 61.2 Å². The Bertz CT molecular complexity index is 1660. The third kappa shape index (κ3) is 4.85. The molecule has 0 fully saturated rings. The lowest BCUT2D eigenvalue weighted by Crippen LogP contribution is -2.34. The van der Waals surface area contributed by atoms with Gasteiger partial charge >= 0.3 is 5.97 Å². The van der Waals surface area contributed by atoms with Crippen molar-refractivity contribution in [1.29, 1.82) is 5.26 Å². The number of aliphatic imine (C=N–C) groups is 2. The number of carbonyl (C=O) groups excluding carboxylic acids is 1. The fraction of sp³-hybridized carbons (Fsp3) is 0.438. The van der Waals surface area contributed by atoms with Crippen LogP contribution in [-0.4, -0.2) is 39.5 Å². The Balaban J connectivity index is 1.74. The summed E-state index contributed by atoms with van der Waals surface area (Å²) in [5.41, 5.74) is 9.55. The lowest BCUT2D eigenvalue weighted by molar-refractivity contribution is -0.134. The second-order valence-electron chi connectivity index (χ2n) is 11.5. The van der Waals surface area contributed by atoms with Gasteiger partial charge in [-0.3, -0.25) is 4.99 Å². The second-order valence-corrected chi connectivity index (χ2v) is 11.5. The van der Waals surface area contributed by atoms with E-state index in [4.69, 9.17) is 9.73 Å². The molecule has 0 spiro atoms. The van der Waals surface area contributed by atoms with Gasteiger partial charge in [0, 0.05) is 33.2 Å². The van der Waals surface area contributed by atoms with Gasteiger partial charge in [-0.15, -0.1) is 0 Å². The minimum absolute atomic E-state index is 0.214. The fourth-order valence-electron chi connectivity index (χ4n) is 5.06. The normalized spacial score (nSPS) is 22.5. The Morgan fingerprint density at radius 3 is 2.08 bits per heavy atom. The summed E-state index contributed by atoms with van der Waals surface area (Å²) < 4.78 is 5.18. The molecule has 0 radical (unpaired) electrons. The summed E-state index contributed by atoms with van der Waals surface area (Å²) in [5, 5.41) is 11.8. The Labute approximate surface area is 230 Å². The molecule has 4 rings (SSSR count). The number of nitrogens with one attached hydrogen (secondary N) is 2. The quantitative estimate of drug-likeness (QED) is 0.535. The topological polar surface area (TPSA) is 106 Å². The molecule has 0 aliphatic carbocycles. The molecule has 2 N–H and O–H groups in total. The molecule has 0 amide bonds. The molecule has 0 saturated heterocycles. The number of rotatable bonds is 5. The van der Waals surface area contributed by atoms with Crippen LogP contribution in [0.15, 0.2) is 26.8 Å². The molecular formula is C32H39N5O2. The SMILES string of the molecule is CCOC(=O)C1=N/C(=C\c2[nH]c(/C=c3\[nH]/c(=C\C4=NC(C)(C#N)C(C)(C)C4)c(C)c3C)c(C)c2C)C(C)=C1C. The molecule has 2 aliphatic rings.